The second-order valence-corrected chi connectivity index (χ2v) is 5.89. The van der Waals surface area contributed by atoms with Gasteiger partial charge in [0.2, 0.25) is 0 Å². The largest absolute Gasteiger partial charge is 0.352 e. The van der Waals surface area contributed by atoms with Crippen molar-refractivity contribution >= 4 is 0 Å². The molecule has 0 fully saturated rings. The molecule has 0 radical (unpaired) electrons. The molecular formula is C17H17N3O2. The number of aromatic nitrogens is 3. The van der Waals surface area contributed by atoms with E-state index in [9.17, 15) is 9.59 Å². The minimum absolute atomic E-state index is 0.265. The second kappa shape index (κ2) is 4.73. The van der Waals surface area contributed by atoms with Crippen LogP contribution in [0, 0.1) is 0 Å². The summed E-state index contributed by atoms with van der Waals surface area (Å²) < 4.78 is 4.36. The molecule has 0 saturated heterocycles. The summed E-state index contributed by atoms with van der Waals surface area (Å²) in [6, 6.07) is 9.08. The van der Waals surface area contributed by atoms with Crippen molar-refractivity contribution in [3.05, 3.63) is 74.6 Å². The fourth-order valence-corrected chi connectivity index (χ4v) is 3.42. The molecule has 5 nitrogen and oxygen atoms in total. The first-order valence-corrected chi connectivity index (χ1v) is 7.54. The fraction of sp³-hybridized carbons (Fsp3) is 0.294. The first-order valence-electron chi connectivity index (χ1n) is 7.54. The van der Waals surface area contributed by atoms with Gasteiger partial charge in [-0.25, -0.2) is 23.5 Å². The van der Waals surface area contributed by atoms with Crippen molar-refractivity contribution in [3.8, 4) is 5.69 Å². The summed E-state index contributed by atoms with van der Waals surface area (Å²) in [4.78, 5) is 25.3. The van der Waals surface area contributed by atoms with Crippen molar-refractivity contribution < 1.29 is 0 Å². The SMILES string of the molecule is C=C1CCCC2=C1Cn1c(=O)n(-c3ccccc3)c(=O)n1C2. The molecular weight excluding hydrogens is 278 g/mol. The van der Waals surface area contributed by atoms with E-state index in [1.165, 1.54) is 15.7 Å². The summed E-state index contributed by atoms with van der Waals surface area (Å²) in [5, 5.41) is 0. The van der Waals surface area contributed by atoms with Gasteiger partial charge in [-0.3, -0.25) is 0 Å². The van der Waals surface area contributed by atoms with Crippen LogP contribution in [0.25, 0.3) is 5.69 Å². The van der Waals surface area contributed by atoms with Gasteiger partial charge in [0.15, 0.2) is 0 Å². The van der Waals surface area contributed by atoms with E-state index in [2.05, 4.69) is 6.58 Å². The molecule has 2 heterocycles. The molecule has 0 bridgehead atoms. The van der Waals surface area contributed by atoms with Gasteiger partial charge in [-0.2, -0.15) is 0 Å². The lowest BCUT2D eigenvalue weighted by Gasteiger charge is -2.28. The Morgan fingerprint density at radius 3 is 2.32 bits per heavy atom. The van der Waals surface area contributed by atoms with Gasteiger partial charge in [-0.15, -0.1) is 0 Å². The zero-order valence-electron chi connectivity index (χ0n) is 12.3. The van der Waals surface area contributed by atoms with E-state index in [1.807, 2.05) is 18.2 Å². The van der Waals surface area contributed by atoms with Crippen LogP contribution >= 0.6 is 0 Å². The molecule has 1 aliphatic carbocycles. The molecule has 1 aliphatic heterocycles. The van der Waals surface area contributed by atoms with Gasteiger partial charge >= 0.3 is 11.4 Å². The highest BCUT2D eigenvalue weighted by Crippen LogP contribution is 2.32. The van der Waals surface area contributed by atoms with Crippen LogP contribution in [0.3, 0.4) is 0 Å². The molecule has 0 unspecified atom stereocenters. The van der Waals surface area contributed by atoms with Crippen LogP contribution in [0.5, 0.6) is 0 Å². The van der Waals surface area contributed by atoms with Crippen LogP contribution in [0.2, 0.25) is 0 Å². The first-order chi connectivity index (χ1) is 10.7. The van der Waals surface area contributed by atoms with E-state index in [0.29, 0.717) is 18.8 Å². The van der Waals surface area contributed by atoms with Crippen LogP contribution in [0.1, 0.15) is 19.3 Å². The molecule has 1 aromatic carbocycles. The van der Waals surface area contributed by atoms with E-state index in [1.54, 1.807) is 21.5 Å². The number of para-hydroxylation sites is 1. The zero-order chi connectivity index (χ0) is 15.3. The lowest BCUT2D eigenvalue weighted by molar-refractivity contribution is 0.436. The molecule has 4 rings (SSSR count). The van der Waals surface area contributed by atoms with Crippen LogP contribution in [-0.4, -0.2) is 13.9 Å². The number of hydrogen-bond donors (Lipinski definition) is 0. The normalized spacial score (nSPS) is 17.4. The Morgan fingerprint density at radius 1 is 0.909 bits per heavy atom. The summed E-state index contributed by atoms with van der Waals surface area (Å²) in [6.45, 7) is 5.08. The zero-order valence-corrected chi connectivity index (χ0v) is 12.3. The van der Waals surface area contributed by atoms with Crippen LogP contribution in [0.4, 0.5) is 0 Å². The highest BCUT2D eigenvalue weighted by Gasteiger charge is 2.27. The molecule has 5 heteroatoms. The Bertz CT molecular complexity index is 910. The van der Waals surface area contributed by atoms with Gasteiger partial charge in [0, 0.05) is 0 Å². The van der Waals surface area contributed by atoms with Gasteiger partial charge < -0.3 is 0 Å². The van der Waals surface area contributed by atoms with Crippen molar-refractivity contribution in [2.24, 2.45) is 0 Å². The minimum atomic E-state index is -0.277. The molecule has 0 spiro atoms. The third kappa shape index (κ3) is 1.78. The predicted octanol–water partition coefficient (Wildman–Crippen LogP) is 1.85. The summed E-state index contributed by atoms with van der Waals surface area (Å²) >= 11 is 0. The minimum Gasteiger partial charge on any atom is -0.245 e. The molecule has 1 aromatic heterocycles. The maximum absolute atomic E-state index is 12.7. The van der Waals surface area contributed by atoms with E-state index in [-0.39, 0.29) is 11.4 Å². The monoisotopic (exact) mass is 295 g/mol. The lowest BCUT2D eigenvalue weighted by atomic mass is 9.87. The first kappa shape index (κ1) is 13.1. The third-order valence-corrected chi connectivity index (χ3v) is 4.59. The highest BCUT2D eigenvalue weighted by molar-refractivity contribution is 5.37. The molecule has 112 valence electrons. The number of allylic oxidation sites excluding steroid dienone is 3. The summed E-state index contributed by atoms with van der Waals surface area (Å²) in [7, 11) is 0. The second-order valence-electron chi connectivity index (χ2n) is 5.89. The topological polar surface area (TPSA) is 48.9 Å². The summed E-state index contributed by atoms with van der Waals surface area (Å²) in [6.07, 6.45) is 3.05. The number of rotatable bonds is 1. The van der Waals surface area contributed by atoms with E-state index in [0.717, 1.165) is 24.8 Å². The Balaban J connectivity index is 1.89. The van der Waals surface area contributed by atoms with E-state index in [4.69, 9.17) is 0 Å². The average molecular weight is 295 g/mol. The van der Waals surface area contributed by atoms with E-state index >= 15 is 0 Å². The van der Waals surface area contributed by atoms with Gasteiger partial charge in [0.05, 0.1) is 18.8 Å². The van der Waals surface area contributed by atoms with Gasteiger partial charge in [0.1, 0.15) is 0 Å². The predicted molar refractivity (Wildman–Crippen MR) is 84.3 cm³/mol. The lowest BCUT2D eigenvalue weighted by Crippen LogP contribution is -2.33. The van der Waals surface area contributed by atoms with Crippen molar-refractivity contribution in [2.75, 3.05) is 0 Å². The maximum Gasteiger partial charge on any atom is 0.352 e. The molecule has 0 atom stereocenters. The average Bonchev–Trinajstić information content (AvgIpc) is 2.78. The number of benzene rings is 1. The highest BCUT2D eigenvalue weighted by atomic mass is 16.2. The number of nitrogens with zero attached hydrogens (tertiary/aromatic N) is 3. The van der Waals surface area contributed by atoms with Gasteiger partial charge in [-0.05, 0) is 42.5 Å². The quantitative estimate of drug-likeness (QED) is 0.806. The molecule has 0 saturated carbocycles. The van der Waals surface area contributed by atoms with Crippen LogP contribution in [0.15, 0.2) is 63.2 Å². The molecule has 22 heavy (non-hydrogen) atoms. The molecule has 0 N–H and O–H groups in total. The standard InChI is InChI=1S/C17H17N3O2/c1-12-6-5-7-13-10-18-16(21)20(14-8-3-2-4-9-14)17(22)19(18)11-15(12)13/h2-4,8-9H,1,5-7,10-11H2. The number of hydrogen-bond acceptors (Lipinski definition) is 2. The van der Waals surface area contributed by atoms with Gasteiger partial charge in [-0.1, -0.05) is 30.4 Å². The van der Waals surface area contributed by atoms with Crippen LogP contribution in [-0.2, 0) is 13.1 Å². The summed E-state index contributed by atoms with van der Waals surface area (Å²) in [5.74, 6) is 0. The molecule has 2 aliphatic rings. The number of fused-ring (bicyclic) bond motifs is 1. The Hall–Kier alpha value is -2.56. The van der Waals surface area contributed by atoms with Crippen molar-refractivity contribution in [3.63, 3.8) is 0 Å². The maximum atomic E-state index is 12.7. The molecule has 2 aromatic rings. The fourth-order valence-electron chi connectivity index (χ4n) is 3.42. The van der Waals surface area contributed by atoms with Crippen LogP contribution < -0.4 is 11.4 Å². The Labute approximate surface area is 127 Å². The molecule has 0 amide bonds. The smallest absolute Gasteiger partial charge is 0.245 e. The Kier molecular flexibility index (Phi) is 2.82. The third-order valence-electron chi connectivity index (χ3n) is 4.59. The van der Waals surface area contributed by atoms with E-state index < -0.39 is 0 Å². The van der Waals surface area contributed by atoms with Crippen molar-refractivity contribution in [1.29, 1.82) is 0 Å². The van der Waals surface area contributed by atoms with Gasteiger partial charge in [0.25, 0.3) is 0 Å². The summed E-state index contributed by atoms with van der Waals surface area (Å²) in [5.41, 5.74) is 3.60. The van der Waals surface area contributed by atoms with Crippen molar-refractivity contribution in [2.45, 2.75) is 32.4 Å². The van der Waals surface area contributed by atoms with Crippen molar-refractivity contribution in [1.82, 2.24) is 13.9 Å². The Morgan fingerprint density at radius 2 is 1.59 bits per heavy atom.